The summed E-state index contributed by atoms with van der Waals surface area (Å²) in [5.74, 6) is 0.958. The van der Waals surface area contributed by atoms with Crippen molar-refractivity contribution in [2.45, 2.75) is 45.3 Å². The lowest BCUT2D eigenvalue weighted by Gasteiger charge is -2.20. The van der Waals surface area contributed by atoms with Gasteiger partial charge in [0.1, 0.15) is 12.4 Å². The monoisotopic (exact) mass is 341 g/mol. The van der Waals surface area contributed by atoms with E-state index in [9.17, 15) is 0 Å². The van der Waals surface area contributed by atoms with Crippen molar-refractivity contribution in [1.29, 1.82) is 0 Å². The van der Waals surface area contributed by atoms with Gasteiger partial charge < -0.3 is 14.8 Å². The molecule has 0 amide bonds. The molecule has 0 aromatic heterocycles. The van der Waals surface area contributed by atoms with Gasteiger partial charge in [0.25, 0.3) is 0 Å². The quantitative estimate of drug-likeness (QED) is 0.810. The Morgan fingerprint density at radius 2 is 2.35 bits per heavy atom. The van der Waals surface area contributed by atoms with Crippen LogP contribution in [0.15, 0.2) is 22.7 Å². The van der Waals surface area contributed by atoms with Gasteiger partial charge in [0.15, 0.2) is 0 Å². The number of halogens is 1. The highest BCUT2D eigenvalue weighted by Gasteiger charge is 2.18. The molecule has 1 aromatic rings. The second kappa shape index (κ2) is 8.01. The first-order chi connectivity index (χ1) is 9.70. The van der Waals surface area contributed by atoms with E-state index in [0.29, 0.717) is 6.61 Å². The van der Waals surface area contributed by atoms with Crippen LogP contribution in [0.3, 0.4) is 0 Å². The summed E-state index contributed by atoms with van der Waals surface area (Å²) < 4.78 is 12.7. The van der Waals surface area contributed by atoms with Gasteiger partial charge in [0.05, 0.1) is 6.10 Å². The first-order valence-corrected chi connectivity index (χ1v) is 8.27. The largest absolute Gasteiger partial charge is 0.491 e. The Morgan fingerprint density at radius 3 is 3.05 bits per heavy atom. The molecule has 1 saturated heterocycles. The molecule has 0 saturated carbocycles. The van der Waals surface area contributed by atoms with Crippen molar-refractivity contribution in [3.05, 3.63) is 28.2 Å². The van der Waals surface area contributed by atoms with E-state index < -0.39 is 0 Å². The molecule has 1 fully saturated rings. The normalized spacial score (nSPS) is 20.1. The summed E-state index contributed by atoms with van der Waals surface area (Å²) in [4.78, 5) is 0. The third kappa shape index (κ3) is 4.47. The predicted octanol–water partition coefficient (Wildman–Crippen LogP) is 4.07. The van der Waals surface area contributed by atoms with E-state index in [0.717, 1.165) is 42.6 Å². The van der Waals surface area contributed by atoms with Crippen LogP contribution in [-0.4, -0.2) is 25.9 Å². The third-order valence-corrected chi connectivity index (χ3v) is 4.08. The van der Waals surface area contributed by atoms with Crippen LogP contribution in [0.25, 0.3) is 0 Å². The van der Waals surface area contributed by atoms with Crippen molar-refractivity contribution in [3.63, 3.8) is 0 Å². The van der Waals surface area contributed by atoms with Crippen molar-refractivity contribution in [3.8, 4) is 5.75 Å². The van der Waals surface area contributed by atoms with Gasteiger partial charge in [-0.05, 0) is 50.9 Å². The molecule has 0 radical (unpaired) electrons. The van der Waals surface area contributed by atoms with E-state index in [1.165, 1.54) is 5.56 Å². The minimum atomic E-state index is 0.255. The highest BCUT2D eigenvalue weighted by molar-refractivity contribution is 9.10. The molecular weight excluding hydrogens is 318 g/mol. The van der Waals surface area contributed by atoms with Crippen LogP contribution in [-0.2, 0) is 4.74 Å². The molecule has 0 bridgehead atoms. The maximum Gasteiger partial charge on any atom is 0.124 e. The standard InChI is InChI=1S/C16H24BrNO2/c1-3-8-18-12(2)15-10-13(17)6-7-16(15)20-11-14-5-4-9-19-14/h6-7,10,12,14,18H,3-5,8-9,11H2,1-2H3. The zero-order valence-corrected chi connectivity index (χ0v) is 13.9. The van der Waals surface area contributed by atoms with Crippen molar-refractivity contribution in [1.82, 2.24) is 5.32 Å². The summed E-state index contributed by atoms with van der Waals surface area (Å²) in [5.41, 5.74) is 1.20. The number of ether oxygens (including phenoxy) is 2. The Bertz CT molecular complexity index is 419. The summed E-state index contributed by atoms with van der Waals surface area (Å²) in [6, 6.07) is 6.49. The van der Waals surface area contributed by atoms with Crippen LogP contribution in [0, 0.1) is 0 Å². The Labute approximate surface area is 130 Å². The highest BCUT2D eigenvalue weighted by atomic mass is 79.9. The van der Waals surface area contributed by atoms with Gasteiger partial charge in [-0.3, -0.25) is 0 Å². The van der Waals surface area contributed by atoms with Crippen molar-refractivity contribution >= 4 is 15.9 Å². The first kappa shape index (κ1) is 15.8. The van der Waals surface area contributed by atoms with Gasteiger partial charge in [0.2, 0.25) is 0 Å². The number of rotatable bonds is 7. The average molecular weight is 342 g/mol. The van der Waals surface area contributed by atoms with E-state index in [4.69, 9.17) is 9.47 Å². The number of benzene rings is 1. The van der Waals surface area contributed by atoms with Gasteiger partial charge in [-0.2, -0.15) is 0 Å². The Morgan fingerprint density at radius 1 is 1.50 bits per heavy atom. The van der Waals surface area contributed by atoms with E-state index in [2.05, 4.69) is 41.2 Å². The zero-order chi connectivity index (χ0) is 14.4. The third-order valence-electron chi connectivity index (χ3n) is 3.59. The second-order valence-corrected chi connectivity index (χ2v) is 6.22. The number of hydrogen-bond donors (Lipinski definition) is 1. The summed E-state index contributed by atoms with van der Waals surface area (Å²) in [6.07, 6.45) is 3.64. The Kier molecular flexibility index (Phi) is 6.33. The molecule has 0 spiro atoms. The van der Waals surface area contributed by atoms with Crippen LogP contribution >= 0.6 is 15.9 Å². The van der Waals surface area contributed by atoms with E-state index in [1.807, 2.05) is 12.1 Å². The molecular formula is C16H24BrNO2. The summed E-state index contributed by atoms with van der Waals surface area (Å²) in [6.45, 7) is 6.88. The first-order valence-electron chi connectivity index (χ1n) is 7.48. The van der Waals surface area contributed by atoms with Crippen LogP contribution in [0.2, 0.25) is 0 Å². The number of hydrogen-bond acceptors (Lipinski definition) is 3. The minimum absolute atomic E-state index is 0.255. The van der Waals surface area contributed by atoms with E-state index >= 15 is 0 Å². The molecule has 0 aliphatic carbocycles. The number of nitrogens with one attached hydrogen (secondary N) is 1. The van der Waals surface area contributed by atoms with Gasteiger partial charge >= 0.3 is 0 Å². The molecule has 1 aliphatic heterocycles. The Hall–Kier alpha value is -0.580. The van der Waals surface area contributed by atoms with Gasteiger partial charge in [-0.25, -0.2) is 0 Å². The summed E-state index contributed by atoms with van der Waals surface area (Å²) in [5, 5.41) is 3.51. The minimum Gasteiger partial charge on any atom is -0.491 e. The van der Waals surface area contributed by atoms with E-state index in [1.54, 1.807) is 0 Å². The zero-order valence-electron chi connectivity index (χ0n) is 12.3. The fourth-order valence-electron chi connectivity index (χ4n) is 2.42. The van der Waals surface area contributed by atoms with Crippen molar-refractivity contribution in [2.24, 2.45) is 0 Å². The highest BCUT2D eigenvalue weighted by Crippen LogP contribution is 2.29. The van der Waals surface area contributed by atoms with Crippen LogP contribution in [0.1, 0.15) is 44.7 Å². The fourth-order valence-corrected chi connectivity index (χ4v) is 2.80. The van der Waals surface area contributed by atoms with Crippen LogP contribution < -0.4 is 10.1 Å². The molecule has 3 nitrogen and oxygen atoms in total. The molecule has 20 heavy (non-hydrogen) atoms. The summed E-state index contributed by atoms with van der Waals surface area (Å²) in [7, 11) is 0. The molecule has 2 atom stereocenters. The molecule has 1 heterocycles. The van der Waals surface area contributed by atoms with E-state index in [-0.39, 0.29) is 12.1 Å². The lowest BCUT2D eigenvalue weighted by molar-refractivity contribution is 0.0674. The van der Waals surface area contributed by atoms with Gasteiger partial charge in [-0.1, -0.05) is 22.9 Å². The van der Waals surface area contributed by atoms with Crippen LogP contribution in [0.4, 0.5) is 0 Å². The van der Waals surface area contributed by atoms with Crippen molar-refractivity contribution in [2.75, 3.05) is 19.8 Å². The van der Waals surface area contributed by atoms with Crippen molar-refractivity contribution < 1.29 is 9.47 Å². The lowest BCUT2D eigenvalue weighted by Crippen LogP contribution is -2.21. The second-order valence-electron chi connectivity index (χ2n) is 5.30. The topological polar surface area (TPSA) is 30.5 Å². The molecule has 2 rings (SSSR count). The average Bonchev–Trinajstić information content (AvgIpc) is 2.96. The molecule has 1 aliphatic rings. The molecule has 1 N–H and O–H groups in total. The molecule has 112 valence electrons. The van der Waals surface area contributed by atoms with Crippen LogP contribution in [0.5, 0.6) is 5.75 Å². The predicted molar refractivity (Wildman–Crippen MR) is 85.3 cm³/mol. The SMILES string of the molecule is CCCNC(C)c1cc(Br)ccc1OCC1CCCO1. The maximum absolute atomic E-state index is 5.99. The molecule has 2 unspecified atom stereocenters. The Balaban J connectivity index is 2.02. The maximum atomic E-state index is 5.99. The molecule has 1 aromatic carbocycles. The van der Waals surface area contributed by atoms with Gasteiger partial charge in [-0.15, -0.1) is 0 Å². The fraction of sp³-hybridized carbons (Fsp3) is 0.625. The summed E-state index contributed by atoms with van der Waals surface area (Å²) >= 11 is 3.54. The molecule has 4 heteroatoms. The van der Waals surface area contributed by atoms with Gasteiger partial charge in [0, 0.05) is 22.7 Å². The lowest BCUT2D eigenvalue weighted by atomic mass is 10.1. The smallest absolute Gasteiger partial charge is 0.124 e.